The number of hydrogen-bond acceptors (Lipinski definition) is 2. The molecule has 1 aromatic rings. The molecule has 2 N–H and O–H groups in total. The van der Waals surface area contributed by atoms with Crippen LogP contribution in [0, 0.1) is 18.6 Å². The van der Waals surface area contributed by atoms with Crippen molar-refractivity contribution in [2.75, 3.05) is 12.4 Å². The Morgan fingerprint density at radius 2 is 2.00 bits per heavy atom. The highest BCUT2D eigenvalue weighted by atomic mass is 19.1. The molecule has 16 heavy (non-hydrogen) atoms. The minimum Gasteiger partial charge on any atom is -0.320 e. The van der Waals surface area contributed by atoms with Crippen molar-refractivity contribution in [1.82, 2.24) is 5.32 Å². The quantitative estimate of drug-likeness (QED) is 0.828. The van der Waals surface area contributed by atoms with Gasteiger partial charge in [0.05, 0.1) is 6.04 Å². The van der Waals surface area contributed by atoms with Gasteiger partial charge in [-0.25, -0.2) is 8.78 Å². The van der Waals surface area contributed by atoms with E-state index in [1.807, 2.05) is 0 Å². The molecular weight excluding hydrogens is 214 g/mol. The van der Waals surface area contributed by atoms with Crippen LogP contribution < -0.4 is 10.6 Å². The lowest BCUT2D eigenvalue weighted by Crippen LogP contribution is -2.36. The highest BCUT2D eigenvalue weighted by Gasteiger charge is 2.17. The third-order valence-corrected chi connectivity index (χ3v) is 2.36. The Bertz CT molecular complexity index is 407. The summed E-state index contributed by atoms with van der Waals surface area (Å²) in [6, 6.07) is 1.93. The number of carbonyl (C=O) groups is 1. The summed E-state index contributed by atoms with van der Waals surface area (Å²) in [7, 11) is 1.59. The van der Waals surface area contributed by atoms with E-state index in [2.05, 4.69) is 10.6 Å². The van der Waals surface area contributed by atoms with Crippen molar-refractivity contribution in [3.05, 3.63) is 29.3 Å². The molecule has 88 valence electrons. The molecule has 1 aromatic carbocycles. The van der Waals surface area contributed by atoms with E-state index in [0.717, 1.165) is 6.07 Å². The lowest BCUT2D eigenvalue weighted by Gasteiger charge is -2.13. The SMILES string of the molecule is CNC(C)C(=O)Nc1c(F)ccc(C)c1F. The first-order chi connectivity index (χ1) is 7.47. The van der Waals surface area contributed by atoms with E-state index in [9.17, 15) is 13.6 Å². The molecule has 0 heterocycles. The molecule has 0 fully saturated rings. The molecule has 0 saturated carbocycles. The maximum absolute atomic E-state index is 13.5. The van der Waals surface area contributed by atoms with Crippen LogP contribution in [0.1, 0.15) is 12.5 Å². The zero-order valence-electron chi connectivity index (χ0n) is 9.40. The van der Waals surface area contributed by atoms with Crippen LogP contribution in [0.25, 0.3) is 0 Å². The van der Waals surface area contributed by atoms with Gasteiger partial charge in [0.1, 0.15) is 11.5 Å². The summed E-state index contributed by atoms with van der Waals surface area (Å²) < 4.78 is 26.8. The predicted octanol–water partition coefficient (Wildman–Crippen LogP) is 1.82. The number of rotatable bonds is 3. The van der Waals surface area contributed by atoms with Crippen LogP contribution in [0.4, 0.5) is 14.5 Å². The molecule has 0 aliphatic carbocycles. The molecule has 0 saturated heterocycles. The molecule has 5 heteroatoms. The van der Waals surface area contributed by atoms with E-state index in [1.165, 1.54) is 13.0 Å². The molecule has 1 rings (SSSR count). The second kappa shape index (κ2) is 5.03. The lowest BCUT2D eigenvalue weighted by atomic mass is 10.2. The molecule has 0 spiro atoms. The van der Waals surface area contributed by atoms with Crippen LogP contribution >= 0.6 is 0 Å². The van der Waals surface area contributed by atoms with Crippen LogP contribution in [0.2, 0.25) is 0 Å². The van der Waals surface area contributed by atoms with Crippen molar-refractivity contribution >= 4 is 11.6 Å². The van der Waals surface area contributed by atoms with E-state index in [1.54, 1.807) is 14.0 Å². The van der Waals surface area contributed by atoms with Crippen molar-refractivity contribution in [2.45, 2.75) is 19.9 Å². The minimum atomic E-state index is -0.778. The van der Waals surface area contributed by atoms with Gasteiger partial charge in [0.2, 0.25) is 5.91 Å². The van der Waals surface area contributed by atoms with E-state index in [-0.39, 0.29) is 5.56 Å². The van der Waals surface area contributed by atoms with E-state index in [4.69, 9.17) is 0 Å². The van der Waals surface area contributed by atoms with Crippen molar-refractivity contribution in [3.63, 3.8) is 0 Å². The number of nitrogens with one attached hydrogen (secondary N) is 2. The molecule has 3 nitrogen and oxygen atoms in total. The number of likely N-dealkylation sites (N-methyl/N-ethyl adjacent to an activating group) is 1. The molecule has 0 aliphatic heterocycles. The summed E-state index contributed by atoms with van der Waals surface area (Å²) in [6.45, 7) is 3.10. The predicted molar refractivity (Wildman–Crippen MR) is 58.2 cm³/mol. The summed E-state index contributed by atoms with van der Waals surface area (Å²) in [6.07, 6.45) is 0. The van der Waals surface area contributed by atoms with Gasteiger partial charge in [-0.05, 0) is 32.5 Å². The first-order valence-corrected chi connectivity index (χ1v) is 4.90. The summed E-state index contributed by atoms with van der Waals surface area (Å²) in [4.78, 5) is 11.5. The zero-order valence-corrected chi connectivity index (χ0v) is 9.40. The number of halogens is 2. The molecular formula is C11H14F2N2O. The lowest BCUT2D eigenvalue weighted by molar-refractivity contribution is -0.117. The number of carbonyl (C=O) groups excluding carboxylic acids is 1. The topological polar surface area (TPSA) is 41.1 Å². The van der Waals surface area contributed by atoms with Gasteiger partial charge >= 0.3 is 0 Å². The largest absolute Gasteiger partial charge is 0.320 e. The van der Waals surface area contributed by atoms with Gasteiger partial charge in [-0.15, -0.1) is 0 Å². The molecule has 1 amide bonds. The summed E-state index contributed by atoms with van der Waals surface area (Å²) >= 11 is 0. The van der Waals surface area contributed by atoms with E-state index >= 15 is 0 Å². The fourth-order valence-electron chi connectivity index (χ4n) is 1.13. The number of benzene rings is 1. The molecule has 0 aliphatic rings. The summed E-state index contributed by atoms with van der Waals surface area (Å²) in [5.41, 5.74) is -0.110. The Kier molecular flexibility index (Phi) is 3.95. The van der Waals surface area contributed by atoms with Crippen molar-refractivity contribution < 1.29 is 13.6 Å². The summed E-state index contributed by atoms with van der Waals surface area (Å²) in [5.74, 6) is -2.00. The van der Waals surface area contributed by atoms with Crippen LogP contribution in [-0.4, -0.2) is 19.0 Å². The van der Waals surface area contributed by atoms with Crippen molar-refractivity contribution in [2.24, 2.45) is 0 Å². The highest BCUT2D eigenvalue weighted by Crippen LogP contribution is 2.21. The highest BCUT2D eigenvalue weighted by molar-refractivity contribution is 5.94. The monoisotopic (exact) mass is 228 g/mol. The van der Waals surface area contributed by atoms with Gasteiger partial charge in [0.15, 0.2) is 5.82 Å². The molecule has 0 radical (unpaired) electrons. The second-order valence-corrected chi connectivity index (χ2v) is 3.55. The molecule has 0 bridgehead atoms. The summed E-state index contributed by atoms with van der Waals surface area (Å²) in [5, 5.41) is 4.90. The van der Waals surface area contributed by atoms with Crippen molar-refractivity contribution in [1.29, 1.82) is 0 Å². The molecule has 0 aromatic heterocycles. The standard InChI is InChI=1S/C11H14F2N2O/c1-6-4-5-8(12)10(9(6)13)15-11(16)7(2)14-3/h4-5,7,14H,1-3H3,(H,15,16). The fourth-order valence-corrected chi connectivity index (χ4v) is 1.13. The smallest absolute Gasteiger partial charge is 0.241 e. The number of anilines is 1. The average Bonchev–Trinajstić information content (AvgIpc) is 2.28. The van der Waals surface area contributed by atoms with Gasteiger partial charge in [0, 0.05) is 0 Å². The second-order valence-electron chi connectivity index (χ2n) is 3.55. The van der Waals surface area contributed by atoms with Crippen molar-refractivity contribution in [3.8, 4) is 0 Å². The maximum atomic E-state index is 13.5. The van der Waals surface area contributed by atoms with Crippen LogP contribution in [0.3, 0.4) is 0 Å². The Morgan fingerprint density at radius 3 is 2.56 bits per heavy atom. The van der Waals surface area contributed by atoms with Gasteiger partial charge in [-0.3, -0.25) is 4.79 Å². The zero-order chi connectivity index (χ0) is 12.3. The Morgan fingerprint density at radius 1 is 1.38 bits per heavy atom. The molecule has 1 unspecified atom stereocenters. The maximum Gasteiger partial charge on any atom is 0.241 e. The van der Waals surface area contributed by atoms with Gasteiger partial charge in [-0.1, -0.05) is 6.07 Å². The Balaban J connectivity index is 2.97. The molecule has 1 atom stereocenters. The van der Waals surface area contributed by atoms with Gasteiger partial charge in [-0.2, -0.15) is 0 Å². The van der Waals surface area contributed by atoms with E-state index < -0.39 is 29.3 Å². The minimum absolute atomic E-state index is 0.286. The van der Waals surface area contributed by atoms with Crippen LogP contribution in [0.15, 0.2) is 12.1 Å². The van der Waals surface area contributed by atoms with Crippen LogP contribution in [0.5, 0.6) is 0 Å². The number of hydrogen-bond donors (Lipinski definition) is 2. The number of amides is 1. The normalized spacial score (nSPS) is 12.3. The van der Waals surface area contributed by atoms with E-state index in [0.29, 0.717) is 0 Å². The van der Waals surface area contributed by atoms with Gasteiger partial charge < -0.3 is 10.6 Å². The first kappa shape index (κ1) is 12.6. The number of aryl methyl sites for hydroxylation is 1. The average molecular weight is 228 g/mol. The van der Waals surface area contributed by atoms with Crippen LogP contribution in [-0.2, 0) is 4.79 Å². The fraction of sp³-hybridized carbons (Fsp3) is 0.364. The Labute approximate surface area is 92.8 Å². The Hall–Kier alpha value is -1.49. The third-order valence-electron chi connectivity index (χ3n) is 2.36. The first-order valence-electron chi connectivity index (χ1n) is 4.90. The van der Waals surface area contributed by atoms with Gasteiger partial charge in [0.25, 0.3) is 0 Å². The third kappa shape index (κ3) is 2.55.